The van der Waals surface area contributed by atoms with Crippen LogP contribution < -0.4 is 10.6 Å². The van der Waals surface area contributed by atoms with Crippen LogP contribution in [-0.4, -0.2) is 11.4 Å². The normalized spacial score (nSPS) is 19.0. The van der Waals surface area contributed by atoms with Crippen molar-refractivity contribution in [1.82, 2.24) is 0 Å². The molecular weight excluding hydrogens is 325 g/mol. The largest absolute Gasteiger partial charge is 0.371 e. The van der Waals surface area contributed by atoms with Gasteiger partial charge in [0, 0.05) is 0 Å². The minimum Gasteiger partial charge on any atom is -0.371 e. The van der Waals surface area contributed by atoms with Crippen molar-refractivity contribution in [3.05, 3.63) is 59.9 Å². The van der Waals surface area contributed by atoms with E-state index < -0.39 is 0 Å². The fraction of sp³-hybridized carbons (Fsp3) is 0.409. The number of anilines is 2. The van der Waals surface area contributed by atoms with Gasteiger partial charge < -0.3 is 10.6 Å². The number of para-hydroxylation sites is 2. The summed E-state index contributed by atoms with van der Waals surface area (Å²) in [6.07, 6.45) is 5.91. The van der Waals surface area contributed by atoms with Crippen LogP contribution in [0, 0.1) is 5.82 Å². The Kier molecular flexibility index (Phi) is 5.92. The van der Waals surface area contributed by atoms with Crippen LogP contribution in [0.25, 0.3) is 0 Å². The number of benzene rings is 2. The second kappa shape index (κ2) is 8.35. The van der Waals surface area contributed by atoms with Gasteiger partial charge in [-0.15, -0.1) is 0 Å². The van der Waals surface area contributed by atoms with Gasteiger partial charge in [-0.3, -0.25) is 4.99 Å². The SMILES string of the molecule is CC.Fc1ccc(CN=C2Nc3ccccc3NC23CCCCC3)cc1. The molecule has 0 saturated heterocycles. The lowest BCUT2D eigenvalue weighted by Crippen LogP contribution is -2.53. The third-order valence-corrected chi connectivity index (χ3v) is 5.05. The molecule has 0 unspecified atom stereocenters. The van der Waals surface area contributed by atoms with Crippen molar-refractivity contribution in [2.75, 3.05) is 10.6 Å². The number of halogens is 1. The van der Waals surface area contributed by atoms with Crippen molar-refractivity contribution in [2.24, 2.45) is 4.99 Å². The van der Waals surface area contributed by atoms with E-state index in [1.807, 2.05) is 19.9 Å². The average Bonchev–Trinajstić information content (AvgIpc) is 2.70. The van der Waals surface area contributed by atoms with E-state index in [9.17, 15) is 4.39 Å². The predicted molar refractivity (Wildman–Crippen MR) is 108 cm³/mol. The van der Waals surface area contributed by atoms with E-state index in [-0.39, 0.29) is 11.4 Å². The Bertz CT molecular complexity index is 746. The molecule has 0 amide bonds. The zero-order valence-corrected chi connectivity index (χ0v) is 15.7. The summed E-state index contributed by atoms with van der Waals surface area (Å²) in [5.41, 5.74) is 3.16. The van der Waals surface area contributed by atoms with E-state index in [0.29, 0.717) is 6.54 Å². The highest BCUT2D eigenvalue weighted by atomic mass is 19.1. The number of fused-ring (bicyclic) bond motifs is 1. The summed E-state index contributed by atoms with van der Waals surface area (Å²) in [5, 5.41) is 7.31. The van der Waals surface area contributed by atoms with Crippen molar-refractivity contribution in [1.29, 1.82) is 0 Å². The molecule has 1 saturated carbocycles. The highest BCUT2D eigenvalue weighted by molar-refractivity contribution is 6.09. The van der Waals surface area contributed by atoms with E-state index in [0.717, 1.165) is 35.6 Å². The van der Waals surface area contributed by atoms with Crippen molar-refractivity contribution in [3.8, 4) is 0 Å². The summed E-state index contributed by atoms with van der Waals surface area (Å²) in [6.45, 7) is 4.56. The first-order valence-electron chi connectivity index (χ1n) is 9.69. The molecule has 0 atom stereocenters. The molecule has 0 aromatic heterocycles. The Labute approximate surface area is 155 Å². The first kappa shape index (κ1) is 18.4. The van der Waals surface area contributed by atoms with Gasteiger partial charge in [0.1, 0.15) is 11.7 Å². The zero-order valence-electron chi connectivity index (χ0n) is 15.7. The highest BCUT2D eigenvalue weighted by Crippen LogP contribution is 2.39. The van der Waals surface area contributed by atoms with Gasteiger partial charge in [-0.25, -0.2) is 4.39 Å². The lowest BCUT2D eigenvalue weighted by Gasteiger charge is -2.44. The number of rotatable bonds is 2. The van der Waals surface area contributed by atoms with Crippen molar-refractivity contribution in [3.63, 3.8) is 0 Å². The summed E-state index contributed by atoms with van der Waals surface area (Å²) in [4.78, 5) is 4.88. The maximum Gasteiger partial charge on any atom is 0.127 e. The fourth-order valence-electron chi connectivity index (χ4n) is 3.73. The predicted octanol–water partition coefficient (Wildman–Crippen LogP) is 5.99. The molecule has 1 aliphatic heterocycles. The number of amidine groups is 1. The van der Waals surface area contributed by atoms with E-state index in [1.165, 1.54) is 31.4 Å². The van der Waals surface area contributed by atoms with Gasteiger partial charge in [-0.1, -0.05) is 57.4 Å². The molecule has 4 heteroatoms. The van der Waals surface area contributed by atoms with Crippen LogP contribution >= 0.6 is 0 Å². The third-order valence-electron chi connectivity index (χ3n) is 5.05. The van der Waals surface area contributed by atoms with E-state index in [4.69, 9.17) is 4.99 Å². The van der Waals surface area contributed by atoms with Crippen LogP contribution in [0.3, 0.4) is 0 Å². The van der Waals surface area contributed by atoms with Crippen LogP contribution in [0.15, 0.2) is 53.5 Å². The van der Waals surface area contributed by atoms with Gasteiger partial charge in [0.05, 0.1) is 23.5 Å². The second-order valence-electron chi connectivity index (χ2n) is 6.73. The highest BCUT2D eigenvalue weighted by Gasteiger charge is 2.40. The molecule has 2 N–H and O–H groups in total. The summed E-state index contributed by atoms with van der Waals surface area (Å²) in [7, 11) is 0. The van der Waals surface area contributed by atoms with Gasteiger partial charge in [-0.2, -0.15) is 0 Å². The standard InChI is InChI=1S/C20H22FN3.C2H6/c21-16-10-8-15(9-11-16)14-22-19-20(12-4-1-5-13-20)24-18-7-3-2-6-17(18)23-19;1-2/h2-3,6-11,24H,1,4-5,12-14H2,(H,22,23);1-2H3. The molecule has 4 rings (SSSR count). The van der Waals surface area contributed by atoms with Gasteiger partial charge in [0.25, 0.3) is 0 Å². The number of nitrogens with one attached hydrogen (secondary N) is 2. The van der Waals surface area contributed by atoms with Crippen LogP contribution in [0.2, 0.25) is 0 Å². The lowest BCUT2D eigenvalue weighted by molar-refractivity contribution is 0.403. The molecule has 138 valence electrons. The minimum atomic E-state index is -0.207. The smallest absolute Gasteiger partial charge is 0.127 e. The summed E-state index contributed by atoms with van der Waals surface area (Å²) in [6, 6.07) is 14.9. The van der Waals surface area contributed by atoms with Gasteiger partial charge in [0.2, 0.25) is 0 Å². The van der Waals surface area contributed by atoms with Crippen molar-refractivity contribution in [2.45, 2.75) is 58.0 Å². The molecule has 1 heterocycles. The Morgan fingerprint density at radius 1 is 0.923 bits per heavy atom. The Balaban J connectivity index is 0.000000948. The number of hydrogen-bond acceptors (Lipinski definition) is 2. The van der Waals surface area contributed by atoms with Gasteiger partial charge >= 0.3 is 0 Å². The molecular formula is C22H28FN3. The molecule has 2 aromatic rings. The molecule has 3 nitrogen and oxygen atoms in total. The average molecular weight is 353 g/mol. The summed E-state index contributed by atoms with van der Waals surface area (Å²) in [5.74, 6) is 0.812. The Hall–Kier alpha value is -2.36. The molecule has 2 aromatic carbocycles. The molecule has 0 bridgehead atoms. The van der Waals surface area contributed by atoms with Gasteiger partial charge in [0.15, 0.2) is 0 Å². The molecule has 0 radical (unpaired) electrons. The zero-order chi connectivity index (χ0) is 18.4. The molecule has 26 heavy (non-hydrogen) atoms. The number of nitrogens with zero attached hydrogens (tertiary/aromatic N) is 1. The van der Waals surface area contributed by atoms with Crippen LogP contribution in [0.1, 0.15) is 51.5 Å². The topological polar surface area (TPSA) is 36.4 Å². The monoisotopic (exact) mass is 353 g/mol. The van der Waals surface area contributed by atoms with E-state index in [1.54, 1.807) is 12.1 Å². The molecule has 1 fully saturated rings. The summed E-state index contributed by atoms with van der Waals surface area (Å²) < 4.78 is 13.1. The lowest BCUT2D eigenvalue weighted by atomic mass is 9.79. The van der Waals surface area contributed by atoms with E-state index in [2.05, 4.69) is 28.8 Å². The van der Waals surface area contributed by atoms with Crippen LogP contribution in [0.5, 0.6) is 0 Å². The molecule has 2 aliphatic rings. The first-order valence-corrected chi connectivity index (χ1v) is 9.69. The number of aliphatic imine (C=N–C) groups is 1. The maximum absolute atomic E-state index is 13.1. The first-order chi connectivity index (χ1) is 12.8. The molecule has 1 aliphatic carbocycles. The summed E-state index contributed by atoms with van der Waals surface area (Å²) >= 11 is 0. The second-order valence-corrected chi connectivity index (χ2v) is 6.73. The van der Waals surface area contributed by atoms with Gasteiger partial charge in [-0.05, 0) is 42.7 Å². The quantitative estimate of drug-likeness (QED) is 0.695. The molecule has 1 spiro atoms. The van der Waals surface area contributed by atoms with Crippen LogP contribution in [0.4, 0.5) is 15.8 Å². The van der Waals surface area contributed by atoms with E-state index >= 15 is 0 Å². The Morgan fingerprint density at radius 3 is 2.27 bits per heavy atom. The number of hydrogen-bond donors (Lipinski definition) is 2. The third kappa shape index (κ3) is 3.90. The van der Waals surface area contributed by atoms with Crippen LogP contribution in [-0.2, 0) is 6.54 Å². The maximum atomic E-state index is 13.1. The fourth-order valence-corrected chi connectivity index (χ4v) is 3.73. The van der Waals surface area contributed by atoms with Crippen molar-refractivity contribution < 1.29 is 4.39 Å². The van der Waals surface area contributed by atoms with Crippen molar-refractivity contribution >= 4 is 17.2 Å². The Morgan fingerprint density at radius 2 is 1.58 bits per heavy atom. The minimum absolute atomic E-state index is 0.0906.